The number of fused-ring (bicyclic) bond motifs is 1. The third-order valence-electron chi connectivity index (χ3n) is 4.50. The van der Waals surface area contributed by atoms with E-state index in [1.54, 1.807) is 12.3 Å². The van der Waals surface area contributed by atoms with Gasteiger partial charge in [-0.1, -0.05) is 26.0 Å². The summed E-state index contributed by atoms with van der Waals surface area (Å²) in [6.45, 7) is 10.8. The Morgan fingerprint density at radius 1 is 1.35 bits per heavy atom. The first-order chi connectivity index (χ1) is 12.4. The Kier molecular flexibility index (Phi) is 5.28. The van der Waals surface area contributed by atoms with Crippen molar-refractivity contribution in [2.45, 2.75) is 33.2 Å². The predicted octanol–water partition coefficient (Wildman–Crippen LogP) is 5.67. The van der Waals surface area contributed by atoms with Crippen LogP contribution in [-0.2, 0) is 6.54 Å². The summed E-state index contributed by atoms with van der Waals surface area (Å²) >= 11 is 3.35. The Morgan fingerprint density at radius 2 is 2.12 bits per heavy atom. The summed E-state index contributed by atoms with van der Waals surface area (Å²) in [4.78, 5) is 17.2. The molecule has 26 heavy (non-hydrogen) atoms. The molecule has 3 rings (SSSR count). The fourth-order valence-corrected chi connectivity index (χ4v) is 3.37. The van der Waals surface area contributed by atoms with Gasteiger partial charge in [-0.25, -0.2) is 4.98 Å². The van der Waals surface area contributed by atoms with Crippen LogP contribution in [0.5, 0.6) is 0 Å². The van der Waals surface area contributed by atoms with E-state index in [2.05, 4.69) is 64.9 Å². The van der Waals surface area contributed by atoms with Gasteiger partial charge >= 0.3 is 0 Å². The molecule has 0 spiro atoms. The van der Waals surface area contributed by atoms with Crippen LogP contribution in [0.3, 0.4) is 0 Å². The molecule has 0 aliphatic heterocycles. The number of aryl methyl sites for hydroxylation is 1. The molecule has 3 aromatic rings. The van der Waals surface area contributed by atoms with Crippen molar-refractivity contribution in [3.8, 4) is 0 Å². The van der Waals surface area contributed by atoms with Gasteiger partial charge in [0.1, 0.15) is 11.5 Å². The molecule has 0 aliphatic rings. The lowest BCUT2D eigenvalue weighted by atomic mass is 10.0. The summed E-state index contributed by atoms with van der Waals surface area (Å²) in [6, 6.07) is 10.0. The second-order valence-electron chi connectivity index (χ2n) is 6.62. The van der Waals surface area contributed by atoms with Gasteiger partial charge in [-0.15, -0.1) is 6.58 Å². The number of nitrogens with zero attached hydrogens (tertiary/aromatic N) is 2. The first kappa shape index (κ1) is 18.4. The fraction of sp³-hybridized carbons (Fsp3) is 0.238. The van der Waals surface area contributed by atoms with Crippen LogP contribution in [0.2, 0.25) is 0 Å². The van der Waals surface area contributed by atoms with E-state index in [0.29, 0.717) is 24.0 Å². The maximum absolute atomic E-state index is 13.0. The Hall–Kier alpha value is -2.40. The smallest absolute Gasteiger partial charge is 0.273 e. The van der Waals surface area contributed by atoms with Crippen molar-refractivity contribution < 1.29 is 4.79 Å². The molecule has 0 fully saturated rings. The third kappa shape index (κ3) is 3.44. The number of hydrogen-bond donors (Lipinski definition) is 1. The van der Waals surface area contributed by atoms with E-state index in [1.807, 2.05) is 23.6 Å². The zero-order valence-corrected chi connectivity index (χ0v) is 16.8. The van der Waals surface area contributed by atoms with Gasteiger partial charge < -0.3 is 9.88 Å². The van der Waals surface area contributed by atoms with Crippen LogP contribution < -0.4 is 5.32 Å². The van der Waals surface area contributed by atoms with Gasteiger partial charge in [-0.05, 0) is 64.2 Å². The summed E-state index contributed by atoms with van der Waals surface area (Å²) in [5, 5.41) is 4.00. The largest absolute Gasteiger partial charge is 0.332 e. The monoisotopic (exact) mass is 411 g/mol. The van der Waals surface area contributed by atoms with E-state index in [1.165, 1.54) is 5.56 Å². The Bertz CT molecular complexity index is 971. The number of halogens is 1. The summed E-state index contributed by atoms with van der Waals surface area (Å²) in [7, 11) is 0. The number of allylic oxidation sites excluding steroid dienone is 1. The van der Waals surface area contributed by atoms with Gasteiger partial charge in [0.2, 0.25) is 0 Å². The molecular weight excluding hydrogens is 390 g/mol. The molecule has 5 heteroatoms. The maximum atomic E-state index is 13.0. The van der Waals surface area contributed by atoms with Crippen LogP contribution in [0.4, 0.5) is 5.82 Å². The number of aromatic nitrogens is 2. The van der Waals surface area contributed by atoms with Crippen molar-refractivity contribution in [1.29, 1.82) is 0 Å². The maximum Gasteiger partial charge on any atom is 0.273 e. The second kappa shape index (κ2) is 7.46. The predicted molar refractivity (Wildman–Crippen MR) is 111 cm³/mol. The quantitative estimate of drug-likeness (QED) is 0.549. The van der Waals surface area contributed by atoms with Crippen molar-refractivity contribution >= 4 is 38.6 Å². The number of benzene rings is 1. The molecule has 0 aliphatic carbocycles. The first-order valence-electron chi connectivity index (χ1n) is 8.59. The number of hydrogen-bond acceptors (Lipinski definition) is 2. The minimum Gasteiger partial charge on any atom is -0.332 e. The van der Waals surface area contributed by atoms with Crippen LogP contribution in [0, 0.1) is 6.92 Å². The van der Waals surface area contributed by atoms with E-state index < -0.39 is 0 Å². The number of rotatable bonds is 5. The zero-order chi connectivity index (χ0) is 18.8. The number of anilines is 1. The van der Waals surface area contributed by atoms with Crippen LogP contribution in [0.1, 0.15) is 41.4 Å². The molecule has 0 bridgehead atoms. The molecule has 4 nitrogen and oxygen atoms in total. The average Bonchev–Trinajstić information content (AvgIpc) is 2.89. The normalized spacial score (nSPS) is 11.1. The summed E-state index contributed by atoms with van der Waals surface area (Å²) in [5.74, 6) is 0.795. The minimum absolute atomic E-state index is 0.165. The van der Waals surface area contributed by atoms with Gasteiger partial charge in [-0.3, -0.25) is 4.79 Å². The van der Waals surface area contributed by atoms with Crippen LogP contribution in [0.25, 0.3) is 10.9 Å². The van der Waals surface area contributed by atoms with Crippen molar-refractivity contribution in [3.63, 3.8) is 0 Å². The lowest BCUT2D eigenvalue weighted by Gasteiger charge is -2.10. The average molecular weight is 412 g/mol. The highest BCUT2D eigenvalue weighted by Gasteiger charge is 2.20. The molecule has 1 aromatic carbocycles. The van der Waals surface area contributed by atoms with Gasteiger partial charge in [0.05, 0.1) is 0 Å². The van der Waals surface area contributed by atoms with E-state index in [4.69, 9.17) is 0 Å². The van der Waals surface area contributed by atoms with E-state index in [0.717, 1.165) is 20.9 Å². The Balaban J connectivity index is 2.09. The highest BCUT2D eigenvalue weighted by atomic mass is 79.9. The van der Waals surface area contributed by atoms with Gasteiger partial charge in [0.25, 0.3) is 5.91 Å². The van der Waals surface area contributed by atoms with Gasteiger partial charge in [0.15, 0.2) is 0 Å². The number of carbonyl (C=O) groups excluding carboxylic acids is 1. The summed E-state index contributed by atoms with van der Waals surface area (Å²) < 4.78 is 2.88. The van der Waals surface area contributed by atoms with Crippen molar-refractivity contribution in [1.82, 2.24) is 9.55 Å². The minimum atomic E-state index is -0.165. The molecule has 1 N–H and O–H groups in total. The molecule has 134 valence electrons. The van der Waals surface area contributed by atoms with Crippen molar-refractivity contribution in [3.05, 3.63) is 70.5 Å². The highest BCUT2D eigenvalue weighted by Crippen LogP contribution is 2.29. The number of carbonyl (C=O) groups is 1. The van der Waals surface area contributed by atoms with Crippen molar-refractivity contribution in [2.75, 3.05) is 5.32 Å². The Labute approximate surface area is 162 Å². The lowest BCUT2D eigenvalue weighted by Crippen LogP contribution is -2.18. The zero-order valence-electron chi connectivity index (χ0n) is 15.2. The molecule has 0 radical (unpaired) electrons. The van der Waals surface area contributed by atoms with Crippen LogP contribution >= 0.6 is 15.9 Å². The van der Waals surface area contributed by atoms with E-state index in [-0.39, 0.29) is 5.91 Å². The molecular formula is C21H22BrN3O. The molecule has 2 heterocycles. The standard InChI is InChI=1S/C21H22BrN3O/c1-5-10-25-18-8-6-15(13(2)3)11-17(18)14(4)20(25)21(26)24-19-9-7-16(22)12-23-19/h5-9,11-13H,1,10H2,2-4H3,(H,23,24,26). The Morgan fingerprint density at radius 3 is 2.73 bits per heavy atom. The van der Waals surface area contributed by atoms with Gasteiger partial charge in [-0.2, -0.15) is 0 Å². The molecule has 0 saturated carbocycles. The number of pyridine rings is 1. The molecule has 1 amide bonds. The fourth-order valence-electron chi connectivity index (χ4n) is 3.14. The van der Waals surface area contributed by atoms with E-state index in [9.17, 15) is 4.79 Å². The molecule has 0 atom stereocenters. The summed E-state index contributed by atoms with van der Waals surface area (Å²) in [5.41, 5.74) is 3.92. The molecule has 0 saturated heterocycles. The number of nitrogens with one attached hydrogen (secondary N) is 1. The third-order valence-corrected chi connectivity index (χ3v) is 4.97. The second-order valence-corrected chi connectivity index (χ2v) is 7.54. The van der Waals surface area contributed by atoms with Gasteiger partial charge in [0, 0.05) is 28.1 Å². The van der Waals surface area contributed by atoms with E-state index >= 15 is 0 Å². The van der Waals surface area contributed by atoms with Crippen LogP contribution in [-0.4, -0.2) is 15.5 Å². The topological polar surface area (TPSA) is 46.9 Å². The van der Waals surface area contributed by atoms with Crippen molar-refractivity contribution in [2.24, 2.45) is 0 Å². The number of amides is 1. The molecule has 2 aromatic heterocycles. The lowest BCUT2D eigenvalue weighted by molar-refractivity contribution is 0.101. The highest BCUT2D eigenvalue weighted by molar-refractivity contribution is 9.10. The summed E-state index contributed by atoms with van der Waals surface area (Å²) in [6.07, 6.45) is 3.47. The van der Waals surface area contributed by atoms with Crippen LogP contribution in [0.15, 0.2) is 53.7 Å². The molecule has 0 unspecified atom stereocenters. The SMILES string of the molecule is C=CCn1c(C(=O)Nc2ccc(Br)cn2)c(C)c2cc(C(C)C)ccc21. The first-order valence-corrected chi connectivity index (χ1v) is 9.38.